The van der Waals surface area contributed by atoms with Gasteiger partial charge >= 0.3 is 0 Å². The van der Waals surface area contributed by atoms with Crippen LogP contribution in [0.1, 0.15) is 55.4 Å². The Morgan fingerprint density at radius 3 is 1.73 bits per heavy atom. The molecule has 1 unspecified atom stereocenters. The molecule has 0 saturated carbocycles. The molecule has 7 nitrogen and oxygen atoms in total. The topological polar surface area (TPSA) is 73.0 Å². The van der Waals surface area contributed by atoms with Crippen LogP contribution in [-0.2, 0) is 11.3 Å². The maximum atomic E-state index is 13.8. The van der Waals surface area contributed by atoms with Crippen molar-refractivity contribution < 1.29 is 14.4 Å². The molecule has 6 rings (SSSR count). The normalized spacial score (nSPS) is 16.3. The molecule has 1 atom stereocenters. The van der Waals surface area contributed by atoms with Gasteiger partial charge in [0.2, 0.25) is 5.91 Å². The van der Waals surface area contributed by atoms with Crippen LogP contribution in [0.2, 0.25) is 0 Å². The van der Waals surface area contributed by atoms with E-state index in [0.29, 0.717) is 37.2 Å². The first-order valence-corrected chi connectivity index (χ1v) is 15.4. The lowest BCUT2D eigenvalue weighted by molar-refractivity contribution is -0.127. The molecule has 1 fully saturated rings. The Labute approximate surface area is 259 Å². The third-order valence-corrected chi connectivity index (χ3v) is 8.78. The first-order chi connectivity index (χ1) is 21.5. The van der Waals surface area contributed by atoms with Gasteiger partial charge in [0, 0.05) is 39.3 Å². The van der Waals surface area contributed by atoms with Gasteiger partial charge in [0.1, 0.15) is 0 Å². The van der Waals surface area contributed by atoms with Crippen LogP contribution in [0.15, 0.2) is 109 Å². The lowest BCUT2D eigenvalue weighted by Gasteiger charge is -2.42. The Hall–Kier alpha value is -4.59. The molecule has 2 aliphatic heterocycles. The average molecular weight is 587 g/mol. The van der Waals surface area contributed by atoms with Crippen LogP contribution in [0.4, 0.5) is 0 Å². The molecule has 0 radical (unpaired) electrons. The second kappa shape index (κ2) is 13.4. The Balaban J connectivity index is 1.18. The summed E-state index contributed by atoms with van der Waals surface area (Å²) in [4.78, 5) is 45.9. The van der Waals surface area contributed by atoms with E-state index >= 15 is 0 Å². The molecule has 44 heavy (non-hydrogen) atoms. The monoisotopic (exact) mass is 586 g/mol. The molecule has 224 valence electrons. The van der Waals surface area contributed by atoms with E-state index < -0.39 is 6.04 Å². The Morgan fingerprint density at radius 1 is 0.682 bits per heavy atom. The summed E-state index contributed by atoms with van der Waals surface area (Å²) in [5.41, 5.74) is 5.54. The summed E-state index contributed by atoms with van der Waals surface area (Å²) in [7, 11) is 0. The molecule has 2 heterocycles. The first-order valence-electron chi connectivity index (χ1n) is 15.4. The van der Waals surface area contributed by atoms with E-state index in [1.54, 1.807) is 24.3 Å². The first kappa shape index (κ1) is 29.5. The van der Waals surface area contributed by atoms with Crippen molar-refractivity contribution in [2.24, 2.45) is 0 Å². The van der Waals surface area contributed by atoms with E-state index in [2.05, 4.69) is 63.6 Å². The third-order valence-electron chi connectivity index (χ3n) is 8.78. The van der Waals surface area contributed by atoms with Crippen molar-refractivity contribution in [3.63, 3.8) is 0 Å². The number of aryl methyl sites for hydroxylation is 1. The highest BCUT2D eigenvalue weighted by Crippen LogP contribution is 2.30. The smallest absolute Gasteiger partial charge is 0.261 e. The van der Waals surface area contributed by atoms with Crippen LogP contribution in [0.5, 0.6) is 0 Å². The van der Waals surface area contributed by atoms with Crippen molar-refractivity contribution in [1.82, 2.24) is 20.0 Å². The molecule has 7 heteroatoms. The van der Waals surface area contributed by atoms with Gasteiger partial charge in [-0.25, -0.2) is 0 Å². The van der Waals surface area contributed by atoms with Crippen LogP contribution in [-0.4, -0.2) is 71.2 Å². The standard InChI is InChI=1S/C37H38N4O3/c1-27-16-18-28(19-17-27)26-38-35(42)33(20-21-41-36(43)31-14-8-9-15-32(31)37(41)44)39-22-24-40(25-23-39)34(29-10-4-2-5-11-29)30-12-6-3-7-13-30/h2-19,33-34H,20-26H2,1H3,(H,38,42). The lowest BCUT2D eigenvalue weighted by atomic mass is 9.96. The number of carbonyl (C=O) groups is 3. The molecule has 2 aliphatic rings. The van der Waals surface area contributed by atoms with E-state index in [0.717, 1.165) is 18.7 Å². The Morgan fingerprint density at radius 2 is 1.18 bits per heavy atom. The quantitative estimate of drug-likeness (QED) is 0.263. The minimum absolute atomic E-state index is 0.0849. The predicted octanol–water partition coefficient (Wildman–Crippen LogP) is 5.07. The summed E-state index contributed by atoms with van der Waals surface area (Å²) in [6.45, 7) is 5.60. The number of imide groups is 1. The molecule has 4 aromatic carbocycles. The minimum atomic E-state index is -0.473. The molecule has 4 aromatic rings. The fraction of sp³-hybridized carbons (Fsp3) is 0.270. The van der Waals surface area contributed by atoms with Crippen LogP contribution in [0.25, 0.3) is 0 Å². The van der Waals surface area contributed by atoms with E-state index in [1.165, 1.54) is 21.6 Å². The Kier molecular flexibility index (Phi) is 8.96. The number of fused-ring (bicyclic) bond motifs is 1. The van der Waals surface area contributed by atoms with Gasteiger partial charge in [-0.05, 0) is 42.2 Å². The van der Waals surface area contributed by atoms with Gasteiger partial charge in [0.15, 0.2) is 0 Å². The highest BCUT2D eigenvalue weighted by molar-refractivity contribution is 6.21. The maximum absolute atomic E-state index is 13.8. The average Bonchev–Trinajstić information content (AvgIpc) is 3.31. The van der Waals surface area contributed by atoms with E-state index in [1.807, 2.05) is 43.3 Å². The molecule has 1 saturated heterocycles. The van der Waals surface area contributed by atoms with Crippen molar-refractivity contribution in [3.8, 4) is 0 Å². The van der Waals surface area contributed by atoms with Crippen LogP contribution >= 0.6 is 0 Å². The molecule has 0 aliphatic carbocycles. The lowest BCUT2D eigenvalue weighted by Crippen LogP contribution is -2.56. The van der Waals surface area contributed by atoms with Gasteiger partial charge in [-0.2, -0.15) is 0 Å². The maximum Gasteiger partial charge on any atom is 0.261 e. The van der Waals surface area contributed by atoms with E-state index in [9.17, 15) is 14.4 Å². The van der Waals surface area contributed by atoms with Gasteiger partial charge in [0.05, 0.1) is 23.2 Å². The fourth-order valence-corrected chi connectivity index (χ4v) is 6.38. The van der Waals surface area contributed by atoms with E-state index in [4.69, 9.17) is 0 Å². The number of rotatable bonds is 10. The number of benzene rings is 4. The summed E-state index contributed by atoms with van der Waals surface area (Å²) in [6, 6.07) is 35.8. The van der Waals surface area contributed by atoms with Crippen molar-refractivity contribution in [2.45, 2.75) is 32.0 Å². The molecule has 0 aromatic heterocycles. The number of amides is 3. The zero-order chi connectivity index (χ0) is 30.5. The molecule has 1 N–H and O–H groups in total. The SMILES string of the molecule is Cc1ccc(CNC(=O)C(CCN2C(=O)c3ccccc3C2=O)N2CCN(C(c3ccccc3)c3ccccc3)CC2)cc1. The zero-order valence-corrected chi connectivity index (χ0v) is 25.1. The third kappa shape index (κ3) is 6.34. The van der Waals surface area contributed by atoms with Gasteiger partial charge in [-0.15, -0.1) is 0 Å². The minimum Gasteiger partial charge on any atom is -0.351 e. The molecular weight excluding hydrogens is 548 g/mol. The summed E-state index contributed by atoms with van der Waals surface area (Å²) in [5, 5.41) is 3.13. The summed E-state index contributed by atoms with van der Waals surface area (Å²) < 4.78 is 0. The van der Waals surface area contributed by atoms with Crippen LogP contribution in [0, 0.1) is 6.92 Å². The molecular formula is C37H38N4O3. The zero-order valence-electron chi connectivity index (χ0n) is 25.1. The summed E-state index contributed by atoms with van der Waals surface area (Å²) >= 11 is 0. The summed E-state index contributed by atoms with van der Waals surface area (Å²) in [6.07, 6.45) is 0.367. The predicted molar refractivity (Wildman–Crippen MR) is 171 cm³/mol. The van der Waals surface area contributed by atoms with Gasteiger partial charge < -0.3 is 5.32 Å². The highest BCUT2D eigenvalue weighted by atomic mass is 16.2. The van der Waals surface area contributed by atoms with Crippen LogP contribution in [0.3, 0.4) is 0 Å². The van der Waals surface area contributed by atoms with E-state index in [-0.39, 0.29) is 30.3 Å². The molecule has 0 spiro atoms. The fourth-order valence-electron chi connectivity index (χ4n) is 6.38. The number of hydrogen-bond acceptors (Lipinski definition) is 5. The van der Waals surface area contributed by atoms with Crippen molar-refractivity contribution in [2.75, 3.05) is 32.7 Å². The molecule has 3 amide bonds. The number of hydrogen-bond donors (Lipinski definition) is 1. The summed E-state index contributed by atoms with van der Waals surface area (Å²) in [5.74, 6) is -0.663. The van der Waals surface area contributed by atoms with Gasteiger partial charge in [-0.1, -0.05) is 103 Å². The van der Waals surface area contributed by atoms with Gasteiger partial charge in [0.25, 0.3) is 11.8 Å². The number of nitrogens with one attached hydrogen (secondary N) is 1. The molecule has 0 bridgehead atoms. The highest BCUT2D eigenvalue weighted by Gasteiger charge is 2.37. The van der Waals surface area contributed by atoms with Crippen molar-refractivity contribution in [3.05, 3.63) is 143 Å². The van der Waals surface area contributed by atoms with Crippen LogP contribution < -0.4 is 5.32 Å². The number of carbonyl (C=O) groups excluding carboxylic acids is 3. The Bertz CT molecular complexity index is 1520. The van der Waals surface area contributed by atoms with Gasteiger partial charge in [-0.3, -0.25) is 29.1 Å². The van der Waals surface area contributed by atoms with Crippen molar-refractivity contribution >= 4 is 17.7 Å². The second-order valence-corrected chi connectivity index (χ2v) is 11.6. The van der Waals surface area contributed by atoms with Crippen molar-refractivity contribution in [1.29, 1.82) is 0 Å². The number of nitrogens with zero attached hydrogens (tertiary/aromatic N) is 3. The second-order valence-electron chi connectivity index (χ2n) is 11.6. The number of piperazine rings is 1. The largest absolute Gasteiger partial charge is 0.351 e.